The Bertz CT molecular complexity index is 299. The van der Waals surface area contributed by atoms with Crippen LogP contribution in [0.1, 0.15) is 12.5 Å². The maximum Gasteiger partial charge on any atom is 0.119 e. The van der Waals surface area contributed by atoms with Gasteiger partial charge < -0.3 is 14.9 Å². The van der Waals surface area contributed by atoms with Crippen molar-refractivity contribution < 1.29 is 14.9 Å². The van der Waals surface area contributed by atoms with Gasteiger partial charge in [0, 0.05) is 4.47 Å². The lowest BCUT2D eigenvalue weighted by Gasteiger charge is -2.09. The molecule has 0 amide bonds. The molecule has 0 saturated carbocycles. The van der Waals surface area contributed by atoms with Gasteiger partial charge in [-0.05, 0) is 30.7 Å². The van der Waals surface area contributed by atoms with E-state index < -0.39 is 6.10 Å². The van der Waals surface area contributed by atoms with Crippen molar-refractivity contribution >= 4 is 15.9 Å². The Morgan fingerprint density at radius 2 is 2.21 bits per heavy atom. The van der Waals surface area contributed by atoms with Crippen molar-refractivity contribution in [2.75, 3.05) is 6.61 Å². The van der Waals surface area contributed by atoms with Crippen LogP contribution in [0.25, 0.3) is 0 Å². The zero-order chi connectivity index (χ0) is 10.6. The third kappa shape index (κ3) is 3.29. The summed E-state index contributed by atoms with van der Waals surface area (Å²) in [5, 5.41) is 18.0. The molecular formula is C10H13BrO3. The van der Waals surface area contributed by atoms with Crippen molar-refractivity contribution in [2.24, 2.45) is 0 Å². The molecule has 0 spiro atoms. The van der Waals surface area contributed by atoms with Crippen LogP contribution in [0.4, 0.5) is 0 Å². The maximum atomic E-state index is 9.01. The molecule has 0 aliphatic heterocycles. The van der Waals surface area contributed by atoms with E-state index in [9.17, 15) is 0 Å². The van der Waals surface area contributed by atoms with Gasteiger partial charge in [0.25, 0.3) is 0 Å². The molecule has 14 heavy (non-hydrogen) atoms. The van der Waals surface area contributed by atoms with E-state index in [2.05, 4.69) is 15.9 Å². The molecule has 1 aromatic rings. The largest absolute Gasteiger partial charge is 0.491 e. The second-order valence-electron chi connectivity index (χ2n) is 3.07. The Labute approximate surface area is 91.5 Å². The summed E-state index contributed by atoms with van der Waals surface area (Å²) in [7, 11) is 0. The summed E-state index contributed by atoms with van der Waals surface area (Å²) >= 11 is 3.31. The zero-order valence-electron chi connectivity index (χ0n) is 7.90. The average Bonchev–Trinajstić information content (AvgIpc) is 2.16. The molecule has 3 nitrogen and oxygen atoms in total. The SMILES string of the molecule is CC(O)COc1ccc(Br)c(CO)c1. The highest BCUT2D eigenvalue weighted by molar-refractivity contribution is 9.10. The predicted octanol–water partition coefficient (Wildman–Crippen LogP) is 1.70. The van der Waals surface area contributed by atoms with Gasteiger partial charge in [-0.25, -0.2) is 0 Å². The minimum absolute atomic E-state index is 0.0353. The van der Waals surface area contributed by atoms with E-state index in [1.807, 2.05) is 6.07 Å². The molecule has 4 heteroatoms. The van der Waals surface area contributed by atoms with E-state index in [1.165, 1.54) is 0 Å². The summed E-state index contributed by atoms with van der Waals surface area (Å²) in [5.41, 5.74) is 0.771. The van der Waals surface area contributed by atoms with E-state index in [0.29, 0.717) is 5.75 Å². The van der Waals surface area contributed by atoms with Gasteiger partial charge in [0.1, 0.15) is 12.4 Å². The zero-order valence-corrected chi connectivity index (χ0v) is 9.49. The van der Waals surface area contributed by atoms with Crippen LogP contribution < -0.4 is 4.74 Å². The molecule has 0 aliphatic rings. The molecule has 0 bridgehead atoms. The Morgan fingerprint density at radius 1 is 1.50 bits per heavy atom. The van der Waals surface area contributed by atoms with Crippen molar-refractivity contribution in [1.29, 1.82) is 0 Å². The minimum atomic E-state index is -0.490. The Hall–Kier alpha value is -0.580. The van der Waals surface area contributed by atoms with Crippen molar-refractivity contribution in [2.45, 2.75) is 19.6 Å². The number of hydrogen-bond donors (Lipinski definition) is 2. The van der Waals surface area contributed by atoms with Crippen molar-refractivity contribution in [1.82, 2.24) is 0 Å². The van der Waals surface area contributed by atoms with Crippen molar-refractivity contribution in [3.63, 3.8) is 0 Å². The summed E-state index contributed by atoms with van der Waals surface area (Å²) < 4.78 is 6.13. The summed E-state index contributed by atoms with van der Waals surface area (Å²) in [6, 6.07) is 5.33. The number of aliphatic hydroxyl groups is 2. The molecule has 0 fully saturated rings. The molecule has 2 N–H and O–H groups in total. The molecule has 0 aliphatic carbocycles. The van der Waals surface area contributed by atoms with Crippen LogP contribution in [0, 0.1) is 0 Å². The van der Waals surface area contributed by atoms with E-state index in [0.717, 1.165) is 10.0 Å². The third-order valence-corrected chi connectivity index (χ3v) is 2.45. The Morgan fingerprint density at radius 3 is 2.79 bits per heavy atom. The van der Waals surface area contributed by atoms with Crippen LogP contribution in [0.5, 0.6) is 5.75 Å². The Kier molecular flexibility index (Phi) is 4.38. The standard InChI is InChI=1S/C10H13BrO3/c1-7(13)6-14-9-2-3-10(11)8(4-9)5-12/h2-4,7,12-13H,5-6H2,1H3. The van der Waals surface area contributed by atoms with Gasteiger partial charge in [-0.3, -0.25) is 0 Å². The van der Waals surface area contributed by atoms with Crippen LogP contribution in [0.15, 0.2) is 22.7 Å². The second-order valence-corrected chi connectivity index (χ2v) is 3.93. The topological polar surface area (TPSA) is 49.7 Å². The molecule has 1 atom stereocenters. The number of aliphatic hydroxyl groups excluding tert-OH is 2. The molecule has 0 saturated heterocycles. The first-order valence-corrected chi connectivity index (χ1v) is 5.13. The lowest BCUT2D eigenvalue weighted by atomic mass is 10.2. The lowest BCUT2D eigenvalue weighted by molar-refractivity contribution is 0.122. The quantitative estimate of drug-likeness (QED) is 0.867. The van der Waals surface area contributed by atoms with Crippen LogP contribution in [0.2, 0.25) is 0 Å². The normalized spacial score (nSPS) is 12.6. The smallest absolute Gasteiger partial charge is 0.119 e. The van der Waals surface area contributed by atoms with Gasteiger partial charge in [0.15, 0.2) is 0 Å². The first-order chi connectivity index (χ1) is 6.63. The van der Waals surface area contributed by atoms with Crippen molar-refractivity contribution in [3.05, 3.63) is 28.2 Å². The molecule has 0 aromatic heterocycles. The number of hydrogen-bond acceptors (Lipinski definition) is 3. The molecule has 1 unspecified atom stereocenters. The molecule has 1 rings (SSSR count). The van der Waals surface area contributed by atoms with Gasteiger partial charge in [-0.1, -0.05) is 15.9 Å². The maximum absolute atomic E-state index is 9.01. The van der Waals surface area contributed by atoms with Gasteiger partial charge in [-0.2, -0.15) is 0 Å². The van der Waals surface area contributed by atoms with Crippen molar-refractivity contribution in [3.8, 4) is 5.75 Å². The lowest BCUT2D eigenvalue weighted by Crippen LogP contribution is -2.12. The highest BCUT2D eigenvalue weighted by Gasteiger charge is 2.02. The van der Waals surface area contributed by atoms with E-state index >= 15 is 0 Å². The van der Waals surface area contributed by atoms with Crippen LogP contribution in [-0.4, -0.2) is 22.9 Å². The highest BCUT2D eigenvalue weighted by Crippen LogP contribution is 2.22. The monoisotopic (exact) mass is 260 g/mol. The molecular weight excluding hydrogens is 248 g/mol. The molecule has 0 heterocycles. The van der Waals surface area contributed by atoms with Gasteiger partial charge >= 0.3 is 0 Å². The number of halogens is 1. The fourth-order valence-corrected chi connectivity index (χ4v) is 1.35. The highest BCUT2D eigenvalue weighted by atomic mass is 79.9. The predicted molar refractivity (Wildman–Crippen MR) is 57.2 cm³/mol. The van der Waals surface area contributed by atoms with Gasteiger partial charge in [0.05, 0.1) is 12.7 Å². The fourth-order valence-electron chi connectivity index (χ4n) is 0.979. The first kappa shape index (κ1) is 11.5. The molecule has 0 radical (unpaired) electrons. The number of ether oxygens (including phenoxy) is 1. The minimum Gasteiger partial charge on any atom is -0.491 e. The van der Waals surface area contributed by atoms with Gasteiger partial charge in [-0.15, -0.1) is 0 Å². The fraction of sp³-hybridized carbons (Fsp3) is 0.400. The summed E-state index contributed by atoms with van der Waals surface area (Å²) in [4.78, 5) is 0. The molecule has 78 valence electrons. The average molecular weight is 261 g/mol. The first-order valence-electron chi connectivity index (χ1n) is 4.33. The van der Waals surface area contributed by atoms with E-state index in [1.54, 1.807) is 19.1 Å². The van der Waals surface area contributed by atoms with Crippen LogP contribution in [-0.2, 0) is 6.61 Å². The van der Waals surface area contributed by atoms with E-state index in [4.69, 9.17) is 14.9 Å². The van der Waals surface area contributed by atoms with E-state index in [-0.39, 0.29) is 13.2 Å². The van der Waals surface area contributed by atoms with Crippen LogP contribution >= 0.6 is 15.9 Å². The molecule has 1 aromatic carbocycles. The third-order valence-electron chi connectivity index (χ3n) is 1.68. The number of benzene rings is 1. The summed E-state index contributed by atoms with van der Waals surface area (Å²) in [5.74, 6) is 0.651. The number of rotatable bonds is 4. The Balaban J connectivity index is 2.69. The second kappa shape index (κ2) is 5.34. The van der Waals surface area contributed by atoms with Crippen LogP contribution in [0.3, 0.4) is 0 Å². The summed E-state index contributed by atoms with van der Waals surface area (Å²) in [6.45, 7) is 1.88. The summed E-state index contributed by atoms with van der Waals surface area (Å²) in [6.07, 6.45) is -0.490. The van der Waals surface area contributed by atoms with Gasteiger partial charge in [0.2, 0.25) is 0 Å².